The normalized spacial score (nSPS) is 27.2. The molecule has 0 aromatic heterocycles. The Morgan fingerprint density at radius 3 is 2.06 bits per heavy atom. The van der Waals surface area contributed by atoms with E-state index in [-0.39, 0.29) is 10.7 Å². The number of aliphatic carboxylic acids is 1. The standard InChI is InChI=1S/C25H15Cl2NO4/c26-12-9-10-17(27)18(11-12)28-22(29)20-19-13-5-1-3-7-15(13)25(24(31)32,21(20)23(28)30)16-8-4-2-6-14(16)19/h1-11,19-21H,(H,31,32)/t19?,20-,21-,25?/m1/s1. The Kier molecular flexibility index (Phi) is 3.93. The average Bonchev–Trinajstić information content (AvgIpc) is 3.06. The molecule has 2 amide bonds. The highest BCUT2D eigenvalue weighted by Gasteiger charge is 2.71. The lowest BCUT2D eigenvalue weighted by molar-refractivity contribution is -0.149. The van der Waals surface area contributed by atoms with Crippen molar-refractivity contribution < 1.29 is 19.5 Å². The summed E-state index contributed by atoms with van der Waals surface area (Å²) in [5.41, 5.74) is 1.19. The molecule has 1 aliphatic heterocycles. The Labute approximate surface area is 193 Å². The van der Waals surface area contributed by atoms with Crippen molar-refractivity contribution in [3.8, 4) is 0 Å². The van der Waals surface area contributed by atoms with Gasteiger partial charge >= 0.3 is 5.97 Å². The van der Waals surface area contributed by atoms with Gasteiger partial charge in [0.25, 0.3) is 0 Å². The first-order valence-corrected chi connectivity index (χ1v) is 10.9. The van der Waals surface area contributed by atoms with Crippen LogP contribution in [0.3, 0.4) is 0 Å². The summed E-state index contributed by atoms with van der Waals surface area (Å²) in [6.07, 6.45) is 0. The fraction of sp³-hybridized carbons (Fsp3) is 0.160. The first kappa shape index (κ1) is 19.5. The van der Waals surface area contributed by atoms with Crippen molar-refractivity contribution in [1.82, 2.24) is 0 Å². The molecule has 5 nitrogen and oxygen atoms in total. The van der Waals surface area contributed by atoms with E-state index in [0.29, 0.717) is 16.1 Å². The van der Waals surface area contributed by atoms with Crippen molar-refractivity contribution in [2.45, 2.75) is 11.3 Å². The topological polar surface area (TPSA) is 74.7 Å². The zero-order valence-electron chi connectivity index (χ0n) is 16.5. The van der Waals surface area contributed by atoms with Crippen molar-refractivity contribution in [3.05, 3.63) is 99.0 Å². The fourth-order valence-corrected chi connectivity index (χ4v) is 6.40. The minimum atomic E-state index is -1.67. The van der Waals surface area contributed by atoms with Gasteiger partial charge in [-0.1, -0.05) is 71.7 Å². The van der Waals surface area contributed by atoms with Crippen LogP contribution < -0.4 is 4.90 Å². The molecule has 7 rings (SSSR count). The van der Waals surface area contributed by atoms with Gasteiger partial charge in [-0.15, -0.1) is 0 Å². The number of nitrogens with zero attached hydrogens (tertiary/aromatic N) is 1. The molecule has 3 aromatic carbocycles. The van der Waals surface area contributed by atoms with Crippen molar-refractivity contribution in [2.24, 2.45) is 11.8 Å². The maximum atomic E-state index is 13.9. The van der Waals surface area contributed by atoms with Crippen LogP contribution >= 0.6 is 23.2 Å². The number of halogens is 2. The largest absolute Gasteiger partial charge is 0.480 e. The lowest BCUT2D eigenvalue weighted by atomic mass is 9.47. The summed E-state index contributed by atoms with van der Waals surface area (Å²) in [5, 5.41) is 11.2. The molecule has 4 aliphatic rings. The van der Waals surface area contributed by atoms with Crippen molar-refractivity contribution >= 4 is 46.7 Å². The van der Waals surface area contributed by atoms with E-state index in [4.69, 9.17) is 23.2 Å². The predicted octanol–water partition coefficient (Wildman–Crippen LogP) is 4.63. The first-order chi connectivity index (χ1) is 15.4. The number of rotatable bonds is 2. The third kappa shape index (κ3) is 2.13. The first-order valence-electron chi connectivity index (χ1n) is 10.1. The van der Waals surface area contributed by atoms with E-state index < -0.39 is 41.0 Å². The van der Waals surface area contributed by atoms with Gasteiger partial charge in [0.05, 0.1) is 22.5 Å². The van der Waals surface area contributed by atoms with Gasteiger partial charge in [0.1, 0.15) is 5.41 Å². The summed E-state index contributed by atoms with van der Waals surface area (Å²) in [4.78, 5) is 41.8. The second-order valence-corrected chi connectivity index (χ2v) is 9.22. The molecule has 32 heavy (non-hydrogen) atoms. The van der Waals surface area contributed by atoms with E-state index in [0.717, 1.165) is 16.0 Å². The van der Waals surface area contributed by atoms with Gasteiger partial charge in [0.2, 0.25) is 11.8 Å². The molecule has 1 heterocycles. The number of carbonyl (C=O) groups is 3. The van der Waals surface area contributed by atoms with Gasteiger partial charge < -0.3 is 5.11 Å². The fourth-order valence-electron chi connectivity index (χ4n) is 6.03. The van der Waals surface area contributed by atoms with Crippen molar-refractivity contribution in [3.63, 3.8) is 0 Å². The van der Waals surface area contributed by atoms with Crippen LogP contribution in [0.2, 0.25) is 10.0 Å². The zero-order chi connectivity index (χ0) is 22.4. The Hall–Kier alpha value is -3.15. The Balaban J connectivity index is 1.68. The number of carboxylic acids is 1. The van der Waals surface area contributed by atoms with Crippen LogP contribution in [0.4, 0.5) is 5.69 Å². The minimum absolute atomic E-state index is 0.177. The van der Waals surface area contributed by atoms with Crippen molar-refractivity contribution in [2.75, 3.05) is 4.90 Å². The molecular weight excluding hydrogens is 449 g/mol. The van der Waals surface area contributed by atoms with Crippen LogP contribution in [0.1, 0.15) is 28.2 Å². The predicted molar refractivity (Wildman–Crippen MR) is 119 cm³/mol. The highest BCUT2D eigenvalue weighted by Crippen LogP contribution is 2.64. The molecule has 0 radical (unpaired) electrons. The molecule has 1 fully saturated rings. The maximum Gasteiger partial charge on any atom is 0.319 e. The van der Waals surface area contributed by atoms with E-state index in [1.54, 1.807) is 30.3 Å². The van der Waals surface area contributed by atoms with E-state index >= 15 is 0 Å². The van der Waals surface area contributed by atoms with Crippen LogP contribution in [0.25, 0.3) is 0 Å². The van der Waals surface area contributed by atoms with Gasteiger partial charge in [0, 0.05) is 10.9 Å². The van der Waals surface area contributed by atoms with Gasteiger partial charge in [-0.25, -0.2) is 4.90 Å². The molecule has 0 saturated carbocycles. The summed E-state index contributed by atoms with van der Waals surface area (Å²) in [7, 11) is 0. The van der Waals surface area contributed by atoms with Crippen LogP contribution in [-0.4, -0.2) is 22.9 Å². The summed E-state index contributed by atoms with van der Waals surface area (Å²) in [6, 6.07) is 19.0. The van der Waals surface area contributed by atoms with Crippen LogP contribution in [0, 0.1) is 11.8 Å². The van der Waals surface area contributed by atoms with E-state index in [2.05, 4.69) is 0 Å². The highest BCUT2D eigenvalue weighted by molar-refractivity contribution is 6.38. The molecule has 2 bridgehead atoms. The molecule has 1 saturated heterocycles. The summed E-state index contributed by atoms with van der Waals surface area (Å²) < 4.78 is 0. The van der Waals surface area contributed by atoms with E-state index in [1.807, 2.05) is 24.3 Å². The average molecular weight is 464 g/mol. The summed E-state index contributed by atoms with van der Waals surface area (Å²) in [6.45, 7) is 0. The molecule has 0 spiro atoms. The summed E-state index contributed by atoms with van der Waals surface area (Å²) in [5.74, 6) is -4.53. The Morgan fingerprint density at radius 2 is 1.47 bits per heavy atom. The number of amides is 2. The maximum absolute atomic E-state index is 13.9. The zero-order valence-corrected chi connectivity index (χ0v) is 18.0. The number of anilines is 1. The van der Waals surface area contributed by atoms with E-state index in [9.17, 15) is 19.5 Å². The Morgan fingerprint density at radius 1 is 0.875 bits per heavy atom. The molecule has 158 valence electrons. The lowest BCUT2D eigenvalue weighted by Crippen LogP contribution is -2.57. The SMILES string of the molecule is O=C1[C@@H]2C3c4ccccc4C(C(=O)O)(c4ccccc43)[C@H]2C(=O)N1c1cc(Cl)ccc1Cl. The van der Waals surface area contributed by atoms with E-state index in [1.165, 1.54) is 12.1 Å². The van der Waals surface area contributed by atoms with Crippen molar-refractivity contribution in [1.29, 1.82) is 0 Å². The summed E-state index contributed by atoms with van der Waals surface area (Å²) >= 11 is 12.5. The van der Waals surface area contributed by atoms with Crippen LogP contribution in [0.15, 0.2) is 66.7 Å². The van der Waals surface area contributed by atoms with Gasteiger partial charge in [-0.3, -0.25) is 14.4 Å². The van der Waals surface area contributed by atoms with Gasteiger partial charge in [-0.05, 0) is 40.5 Å². The molecule has 1 N–H and O–H groups in total. The second-order valence-electron chi connectivity index (χ2n) is 8.38. The molecule has 3 aromatic rings. The second kappa shape index (κ2) is 6.44. The third-order valence-electron chi connectivity index (χ3n) is 7.10. The number of carbonyl (C=O) groups excluding carboxylic acids is 2. The smallest absolute Gasteiger partial charge is 0.319 e. The molecule has 3 aliphatic carbocycles. The molecule has 0 unspecified atom stereocenters. The van der Waals surface area contributed by atoms with Gasteiger partial charge in [0.15, 0.2) is 0 Å². The number of hydrogen-bond acceptors (Lipinski definition) is 3. The lowest BCUT2D eigenvalue weighted by Gasteiger charge is -2.51. The van der Waals surface area contributed by atoms with Crippen LogP contribution in [-0.2, 0) is 19.8 Å². The highest BCUT2D eigenvalue weighted by atomic mass is 35.5. The Bertz CT molecular complexity index is 1320. The number of imide groups is 1. The molecular formula is C25H15Cl2NO4. The van der Waals surface area contributed by atoms with Crippen LogP contribution in [0.5, 0.6) is 0 Å². The number of hydrogen-bond donors (Lipinski definition) is 1. The molecule has 2 atom stereocenters. The quantitative estimate of drug-likeness (QED) is 0.562. The third-order valence-corrected chi connectivity index (χ3v) is 7.66. The van der Waals surface area contributed by atoms with Gasteiger partial charge in [-0.2, -0.15) is 0 Å². The number of benzene rings is 3. The number of carboxylic acid groups (broad SMARTS) is 1. The minimum Gasteiger partial charge on any atom is -0.480 e. The monoisotopic (exact) mass is 463 g/mol. The molecule has 7 heteroatoms.